The van der Waals surface area contributed by atoms with Crippen molar-refractivity contribution in [2.45, 2.75) is 25.8 Å². The Morgan fingerprint density at radius 2 is 2.11 bits per heavy atom. The average Bonchev–Trinajstić information content (AvgIpc) is 3.59. The SMILES string of the molecule is CSOON1CCN(Cc2cc3nc(-c4cccc5[nH]ncc45)nc(NCCCCC(=O)NO)c3s2)CC1. The normalized spacial score (nSPS) is 14.9. The standard InChI is InChI=1S/C24H30N8O4S2/c1-37-36-35-32-11-9-31(10-12-32)15-16-13-20-22(38-16)24(25-8-3-2-7-21(33)30-34)28-23(27-20)17-5-4-6-19-18(17)14-26-29-19/h4-6,13-14,34H,2-3,7-12,15H2,1H3,(H,26,29)(H,30,33)(H,25,27,28). The van der Waals surface area contributed by atoms with E-state index >= 15 is 0 Å². The van der Waals surface area contributed by atoms with Crippen LogP contribution in [0.25, 0.3) is 32.5 Å². The maximum absolute atomic E-state index is 11.3. The van der Waals surface area contributed by atoms with E-state index < -0.39 is 0 Å². The molecule has 4 aromatic rings. The van der Waals surface area contributed by atoms with Crippen molar-refractivity contribution in [3.8, 4) is 11.4 Å². The summed E-state index contributed by atoms with van der Waals surface area (Å²) in [6.45, 7) is 4.75. The molecule has 0 aliphatic carbocycles. The van der Waals surface area contributed by atoms with Crippen LogP contribution in [0, 0.1) is 0 Å². The molecular weight excluding hydrogens is 528 g/mol. The molecule has 14 heteroatoms. The number of hydrogen-bond acceptors (Lipinski definition) is 12. The van der Waals surface area contributed by atoms with E-state index in [0.717, 1.165) is 71.6 Å². The predicted molar refractivity (Wildman–Crippen MR) is 147 cm³/mol. The van der Waals surface area contributed by atoms with E-state index in [2.05, 4.69) is 26.5 Å². The number of piperazine rings is 1. The third-order valence-electron chi connectivity index (χ3n) is 6.31. The van der Waals surface area contributed by atoms with Gasteiger partial charge in [-0.1, -0.05) is 12.1 Å². The third-order valence-corrected chi connectivity index (χ3v) is 7.62. The summed E-state index contributed by atoms with van der Waals surface area (Å²) < 4.78 is 5.99. The predicted octanol–water partition coefficient (Wildman–Crippen LogP) is 3.58. The Bertz CT molecular complexity index is 1370. The lowest BCUT2D eigenvalue weighted by molar-refractivity contribution is -0.365. The number of aromatic amines is 1. The van der Waals surface area contributed by atoms with E-state index in [0.29, 0.717) is 18.8 Å². The first-order valence-corrected chi connectivity index (χ1v) is 14.4. The quantitative estimate of drug-likeness (QED) is 0.0667. The molecule has 4 N–H and O–H groups in total. The molecule has 1 saturated heterocycles. The van der Waals surface area contributed by atoms with Gasteiger partial charge in [0.05, 0.1) is 21.9 Å². The monoisotopic (exact) mass is 558 g/mol. The van der Waals surface area contributed by atoms with Crippen LogP contribution in [0.1, 0.15) is 24.1 Å². The zero-order valence-electron chi connectivity index (χ0n) is 21.0. The number of hydroxylamine groups is 3. The molecule has 1 amide bonds. The summed E-state index contributed by atoms with van der Waals surface area (Å²) in [5.74, 6) is 1.04. The van der Waals surface area contributed by atoms with Crippen LogP contribution in [0.3, 0.4) is 0 Å². The van der Waals surface area contributed by atoms with E-state index in [9.17, 15) is 4.79 Å². The summed E-state index contributed by atoms with van der Waals surface area (Å²) in [6, 6.07) is 8.10. The van der Waals surface area contributed by atoms with Gasteiger partial charge in [-0.25, -0.2) is 15.4 Å². The fraction of sp³-hybridized carbons (Fsp3) is 0.417. The Kier molecular flexibility index (Phi) is 9.01. The van der Waals surface area contributed by atoms with E-state index in [4.69, 9.17) is 24.5 Å². The van der Waals surface area contributed by atoms with Crippen LogP contribution in [0.2, 0.25) is 0 Å². The highest BCUT2D eigenvalue weighted by Gasteiger charge is 2.21. The van der Waals surface area contributed by atoms with Crippen LogP contribution < -0.4 is 10.8 Å². The van der Waals surface area contributed by atoms with Gasteiger partial charge >= 0.3 is 0 Å². The summed E-state index contributed by atoms with van der Waals surface area (Å²) in [7, 11) is 0. The molecular formula is C24H30N8O4S2. The highest BCUT2D eigenvalue weighted by Crippen LogP contribution is 2.34. The van der Waals surface area contributed by atoms with Crippen LogP contribution in [0.15, 0.2) is 30.5 Å². The fourth-order valence-electron chi connectivity index (χ4n) is 4.39. The lowest BCUT2D eigenvalue weighted by Gasteiger charge is -2.32. The smallest absolute Gasteiger partial charge is 0.243 e. The number of nitrogens with one attached hydrogen (secondary N) is 3. The van der Waals surface area contributed by atoms with Crippen molar-refractivity contribution in [2.75, 3.05) is 44.3 Å². The largest absolute Gasteiger partial charge is 0.369 e. The molecule has 4 heterocycles. The molecule has 0 spiro atoms. The van der Waals surface area contributed by atoms with E-state index in [1.54, 1.807) is 23.0 Å². The number of H-pyrrole nitrogens is 1. The summed E-state index contributed by atoms with van der Waals surface area (Å²) in [5.41, 5.74) is 4.42. The molecule has 202 valence electrons. The van der Waals surface area contributed by atoms with Crippen molar-refractivity contribution in [2.24, 2.45) is 0 Å². The van der Waals surface area contributed by atoms with Gasteiger partial charge in [0, 0.05) is 79.8 Å². The van der Waals surface area contributed by atoms with Crippen LogP contribution in [0.4, 0.5) is 5.82 Å². The molecule has 0 bridgehead atoms. The number of unbranched alkanes of at least 4 members (excludes halogenated alkanes) is 1. The second-order valence-corrected chi connectivity index (χ2v) is 10.5. The minimum absolute atomic E-state index is 0.274. The molecule has 1 fully saturated rings. The first-order chi connectivity index (χ1) is 18.6. The van der Waals surface area contributed by atoms with Gasteiger partial charge in [0.15, 0.2) is 5.82 Å². The maximum Gasteiger partial charge on any atom is 0.243 e. The molecule has 0 saturated carbocycles. The zero-order valence-corrected chi connectivity index (χ0v) is 22.6. The van der Waals surface area contributed by atoms with Crippen LogP contribution in [-0.4, -0.2) is 80.2 Å². The molecule has 0 unspecified atom stereocenters. The molecule has 1 aliphatic heterocycles. The highest BCUT2D eigenvalue weighted by molar-refractivity contribution is 7.93. The number of fused-ring (bicyclic) bond motifs is 2. The molecule has 1 aromatic carbocycles. The highest BCUT2D eigenvalue weighted by atomic mass is 32.2. The molecule has 0 radical (unpaired) electrons. The number of benzene rings is 1. The number of hydrogen-bond donors (Lipinski definition) is 4. The number of thiophene rings is 1. The van der Waals surface area contributed by atoms with Crippen molar-refractivity contribution < 1.29 is 19.3 Å². The van der Waals surface area contributed by atoms with Gasteiger partial charge in [-0.05, 0) is 25.0 Å². The third kappa shape index (κ3) is 6.40. The van der Waals surface area contributed by atoms with Crippen LogP contribution >= 0.6 is 23.4 Å². The summed E-state index contributed by atoms with van der Waals surface area (Å²) in [5, 5.41) is 22.2. The summed E-state index contributed by atoms with van der Waals surface area (Å²) in [4.78, 5) is 30.0. The number of amides is 1. The Hall–Kier alpha value is -2.85. The second-order valence-electron chi connectivity index (χ2n) is 8.89. The number of carbonyl (C=O) groups is 1. The first-order valence-electron chi connectivity index (χ1n) is 12.4. The van der Waals surface area contributed by atoms with Crippen molar-refractivity contribution in [1.29, 1.82) is 0 Å². The molecule has 38 heavy (non-hydrogen) atoms. The number of rotatable bonds is 12. The summed E-state index contributed by atoms with van der Waals surface area (Å²) in [6.07, 6.45) is 5.30. The fourth-order valence-corrected chi connectivity index (χ4v) is 5.64. The van der Waals surface area contributed by atoms with Gasteiger partial charge in [-0.2, -0.15) is 10.2 Å². The van der Waals surface area contributed by atoms with Gasteiger partial charge in [-0.3, -0.25) is 20.0 Å². The summed E-state index contributed by atoms with van der Waals surface area (Å²) >= 11 is 2.88. The number of anilines is 1. The molecule has 0 atom stereocenters. The zero-order chi connectivity index (χ0) is 26.3. The van der Waals surface area contributed by atoms with Gasteiger partial charge in [0.1, 0.15) is 5.82 Å². The van der Waals surface area contributed by atoms with Crippen LogP contribution in [-0.2, 0) is 20.7 Å². The Morgan fingerprint density at radius 3 is 2.92 bits per heavy atom. The van der Waals surface area contributed by atoms with Crippen molar-refractivity contribution in [3.63, 3.8) is 0 Å². The lowest BCUT2D eigenvalue weighted by Crippen LogP contribution is -2.45. The molecule has 12 nitrogen and oxygen atoms in total. The van der Waals surface area contributed by atoms with Crippen molar-refractivity contribution >= 4 is 56.2 Å². The van der Waals surface area contributed by atoms with Crippen molar-refractivity contribution in [1.82, 2.24) is 35.6 Å². The lowest BCUT2D eigenvalue weighted by atomic mass is 10.1. The second kappa shape index (κ2) is 12.8. The van der Waals surface area contributed by atoms with Crippen LogP contribution in [0.5, 0.6) is 0 Å². The van der Waals surface area contributed by atoms with Crippen molar-refractivity contribution in [3.05, 3.63) is 35.3 Å². The Balaban J connectivity index is 1.36. The van der Waals surface area contributed by atoms with E-state index in [1.165, 1.54) is 16.9 Å². The molecule has 3 aromatic heterocycles. The number of nitrogens with zero attached hydrogens (tertiary/aromatic N) is 5. The van der Waals surface area contributed by atoms with Gasteiger partial charge in [0.25, 0.3) is 0 Å². The van der Waals surface area contributed by atoms with E-state index in [1.807, 2.05) is 29.5 Å². The minimum atomic E-state index is -0.378. The topological polar surface area (TPSA) is 141 Å². The number of carbonyl (C=O) groups excluding carboxylic acids is 1. The minimum Gasteiger partial charge on any atom is -0.369 e. The van der Waals surface area contributed by atoms with Gasteiger partial charge < -0.3 is 5.32 Å². The Labute approximate surface area is 227 Å². The maximum atomic E-state index is 11.3. The first kappa shape index (κ1) is 26.7. The average molecular weight is 559 g/mol. The molecule has 5 rings (SSSR count). The molecule has 1 aliphatic rings. The van der Waals surface area contributed by atoms with E-state index in [-0.39, 0.29) is 12.3 Å². The van der Waals surface area contributed by atoms with Gasteiger partial charge in [-0.15, -0.1) is 20.7 Å². The number of aromatic nitrogens is 4. The van der Waals surface area contributed by atoms with Gasteiger partial charge in [0.2, 0.25) is 5.91 Å². The Morgan fingerprint density at radius 1 is 1.24 bits per heavy atom.